The van der Waals surface area contributed by atoms with Crippen molar-refractivity contribution in [1.82, 2.24) is 46.9 Å². The Bertz CT molecular complexity index is 2760. The highest BCUT2D eigenvalue weighted by Gasteiger charge is 2.33. The van der Waals surface area contributed by atoms with Gasteiger partial charge >= 0.3 is 12.0 Å². The van der Waals surface area contributed by atoms with E-state index < -0.39 is 72.1 Å². The Labute approximate surface area is 533 Å². The number of carbonyl (C=O) groups is 9. The quantitative estimate of drug-likeness (QED) is 0.0367. The number of carbonyl (C=O) groups excluding carboxylic acids is 8. The zero-order valence-electron chi connectivity index (χ0n) is 53.8. The van der Waals surface area contributed by atoms with Gasteiger partial charge in [0.25, 0.3) is 0 Å². The molecule has 0 saturated heterocycles. The number of anilines is 1. The number of Topliss-reactive ketones (excluding diaryl/α,β-unsaturated/α-hetero) is 1. The Morgan fingerprint density at radius 3 is 1.77 bits per heavy atom. The molecule has 0 radical (unpaired) electrons. The van der Waals surface area contributed by atoms with Crippen LogP contribution >= 0.6 is 0 Å². The Kier molecular flexibility index (Phi) is 35.5. The van der Waals surface area contributed by atoms with Gasteiger partial charge in [-0.15, -0.1) is 5.10 Å². The normalized spacial score (nSPS) is 13.2. The van der Waals surface area contributed by atoms with Crippen LogP contribution in [0, 0.1) is 17.8 Å². The fraction of sp³-hybridized carbons (Fsp3) is 0.635. The number of hydrogen-bond donors (Lipinski definition) is 9. The van der Waals surface area contributed by atoms with Gasteiger partial charge in [-0.25, -0.2) is 9.48 Å². The summed E-state index contributed by atoms with van der Waals surface area (Å²) in [6.45, 7) is 15.5. The summed E-state index contributed by atoms with van der Waals surface area (Å²) in [6.07, 6.45) is 2.17. The van der Waals surface area contributed by atoms with Crippen molar-refractivity contribution in [3.05, 3.63) is 54.1 Å². The van der Waals surface area contributed by atoms with Gasteiger partial charge in [0.2, 0.25) is 35.4 Å². The van der Waals surface area contributed by atoms with E-state index in [4.69, 9.17) is 39.9 Å². The van der Waals surface area contributed by atoms with E-state index >= 15 is 0 Å². The molecule has 4 unspecified atom stereocenters. The number of hydrogen-bond acceptors (Lipinski definition) is 18. The molecule has 0 bridgehead atoms. The summed E-state index contributed by atoms with van der Waals surface area (Å²) in [6, 6.07) is 11.2. The van der Waals surface area contributed by atoms with Crippen LogP contribution in [0.5, 0.6) is 0 Å². The van der Waals surface area contributed by atoms with E-state index in [1.165, 1.54) is 0 Å². The molecule has 2 aromatic carbocycles. The molecular weight excluding hydrogens is 1180 g/mol. The van der Waals surface area contributed by atoms with E-state index in [9.17, 15) is 48.3 Å². The van der Waals surface area contributed by atoms with E-state index in [-0.39, 0.29) is 115 Å². The number of primary amides is 1. The van der Waals surface area contributed by atoms with Gasteiger partial charge < -0.3 is 81.8 Å². The fourth-order valence-corrected chi connectivity index (χ4v) is 9.61. The highest BCUT2D eigenvalue weighted by molar-refractivity contribution is 6.00. The van der Waals surface area contributed by atoms with Crippen molar-refractivity contribution in [2.24, 2.45) is 29.2 Å². The van der Waals surface area contributed by atoms with Crippen molar-refractivity contribution >= 4 is 58.9 Å². The van der Waals surface area contributed by atoms with Crippen LogP contribution in [0.4, 0.5) is 10.5 Å². The summed E-state index contributed by atoms with van der Waals surface area (Å²) in [4.78, 5) is 115. The number of ketones is 1. The predicted octanol–water partition coefficient (Wildman–Crippen LogP) is 2.76. The zero-order chi connectivity index (χ0) is 66.5. The van der Waals surface area contributed by atoms with Crippen LogP contribution in [0.25, 0.3) is 22.5 Å². The number of unbranched alkanes of at least 4 members (excludes halogenated alkanes) is 1. The number of aromatic nitrogens is 3. The van der Waals surface area contributed by atoms with Crippen molar-refractivity contribution in [3.8, 4) is 22.5 Å². The monoisotopic (exact) mass is 1280 g/mol. The van der Waals surface area contributed by atoms with Crippen molar-refractivity contribution in [2.45, 2.75) is 143 Å². The highest BCUT2D eigenvalue weighted by atomic mass is 16.5. The summed E-state index contributed by atoms with van der Waals surface area (Å²) < 4.78 is 35.0. The number of rotatable bonds is 47. The molecule has 0 saturated carbocycles. The van der Waals surface area contributed by atoms with Gasteiger partial charge in [-0.1, -0.05) is 89.2 Å². The van der Waals surface area contributed by atoms with E-state index in [1.807, 2.05) is 72.0 Å². The number of amides is 8. The average Bonchev–Trinajstić information content (AvgIpc) is 1.73. The fourth-order valence-electron chi connectivity index (χ4n) is 9.61. The van der Waals surface area contributed by atoms with Gasteiger partial charge in [-0.2, -0.15) is 0 Å². The lowest BCUT2D eigenvalue weighted by Crippen LogP contribution is -2.57. The van der Waals surface area contributed by atoms with Gasteiger partial charge in [0, 0.05) is 68.9 Å². The molecule has 0 spiro atoms. The Morgan fingerprint density at radius 1 is 0.582 bits per heavy atom. The molecule has 11 N–H and O–H groups in total. The molecule has 1 aliphatic heterocycles. The lowest BCUT2D eigenvalue weighted by molar-refractivity contribution is -0.138. The molecule has 0 aliphatic carbocycles. The SMILES string of the molecule is CC(C)CC(=O)N1Cc2ccccc2-c2nnn(CCCCC(N)C(=O)NCCOCCOCCOCCC(=O)NCCOCCOCCOCCC(=O)NC(CCC(=O)O)C(=O)NC(C(=O)NC(CCCNC(N)=O)C(=O)C(C)C)C(C)C)c2-c2ccccc21. The minimum Gasteiger partial charge on any atom is -0.481 e. The number of carboxylic acids is 1. The molecule has 28 heteroatoms. The number of nitrogens with zero attached hydrogens (tertiary/aromatic N) is 4. The minimum atomic E-state index is -1.28. The first kappa shape index (κ1) is 76.0. The Hall–Kier alpha value is -7.47. The number of aliphatic carboxylic acids is 1. The third-order valence-corrected chi connectivity index (χ3v) is 14.4. The number of nitrogens with one attached hydrogen (secondary N) is 6. The first-order valence-electron chi connectivity index (χ1n) is 31.5. The summed E-state index contributed by atoms with van der Waals surface area (Å²) in [5, 5.41) is 34.4. The Morgan fingerprint density at radius 2 is 1.16 bits per heavy atom. The predicted molar refractivity (Wildman–Crippen MR) is 338 cm³/mol. The first-order valence-corrected chi connectivity index (χ1v) is 31.5. The second-order valence-corrected chi connectivity index (χ2v) is 23.0. The van der Waals surface area contributed by atoms with Crippen molar-refractivity contribution in [1.29, 1.82) is 0 Å². The topological polar surface area (TPSA) is 387 Å². The summed E-state index contributed by atoms with van der Waals surface area (Å²) in [7, 11) is 0. The van der Waals surface area contributed by atoms with Gasteiger partial charge in [0.15, 0.2) is 5.78 Å². The summed E-state index contributed by atoms with van der Waals surface area (Å²) in [5.74, 6) is -4.48. The smallest absolute Gasteiger partial charge is 0.312 e. The molecule has 506 valence electrons. The van der Waals surface area contributed by atoms with Gasteiger partial charge in [-0.05, 0) is 62.0 Å². The first-order chi connectivity index (χ1) is 43.7. The lowest BCUT2D eigenvalue weighted by Gasteiger charge is -2.29. The van der Waals surface area contributed by atoms with E-state index in [2.05, 4.69) is 42.2 Å². The molecule has 28 nitrogen and oxygen atoms in total. The van der Waals surface area contributed by atoms with Gasteiger partial charge in [0.05, 0.1) is 109 Å². The van der Waals surface area contributed by atoms with Crippen molar-refractivity contribution in [2.75, 3.05) is 104 Å². The lowest BCUT2D eigenvalue weighted by atomic mass is 9.95. The molecule has 0 fully saturated rings. The summed E-state index contributed by atoms with van der Waals surface area (Å²) >= 11 is 0. The number of aryl methyl sites for hydroxylation is 1. The molecule has 4 rings (SSSR count). The average molecular weight is 1280 g/mol. The Balaban J connectivity index is 0.964. The van der Waals surface area contributed by atoms with Crippen LogP contribution in [0.2, 0.25) is 0 Å². The van der Waals surface area contributed by atoms with Crippen LogP contribution in [-0.4, -0.2) is 196 Å². The maximum Gasteiger partial charge on any atom is 0.312 e. The van der Waals surface area contributed by atoms with E-state index in [0.717, 1.165) is 33.8 Å². The van der Waals surface area contributed by atoms with Crippen LogP contribution in [0.15, 0.2) is 48.5 Å². The molecule has 1 aromatic heterocycles. The molecule has 8 amide bonds. The third kappa shape index (κ3) is 28.7. The van der Waals surface area contributed by atoms with Crippen LogP contribution in [0.3, 0.4) is 0 Å². The number of urea groups is 1. The second kappa shape index (κ2) is 42.6. The maximum atomic E-state index is 13.6. The molecule has 2 heterocycles. The van der Waals surface area contributed by atoms with Crippen molar-refractivity contribution < 1.29 is 76.7 Å². The molecule has 4 atom stereocenters. The molecule has 3 aromatic rings. The second-order valence-electron chi connectivity index (χ2n) is 23.0. The van der Waals surface area contributed by atoms with Gasteiger partial charge in [-0.3, -0.25) is 38.4 Å². The number of fused-ring (bicyclic) bond motifs is 5. The number of carboxylic acid groups (broad SMARTS) is 1. The van der Waals surface area contributed by atoms with Crippen LogP contribution < -0.4 is 48.3 Å². The molecule has 1 aliphatic rings. The standard InChI is InChI=1S/C63H98N12O16/c1-42(2)40-54(78)74-41-45-14-7-8-15-46(45)57-58(47-16-9-10-19-51(47)74)75(73-72-57)27-12-11-17-48(64)60(82)67-26-31-89-35-39-90-36-32-86-28-22-52(76)66-25-30-88-34-38-91-37-33-87-29-23-53(77)69-50(20-21-55(79)80)61(83)71-56(43(3)4)62(84)70-49(59(81)44(5)6)18-13-24-68-63(65)85/h7-10,14-16,19,42-44,48-50,56H,11-13,17-18,20-41,64H2,1-6H3,(H,66,76)(H,67,82)(H,69,77)(H,70,84)(H,71,83)(H,79,80)(H3,65,68,85). The maximum absolute atomic E-state index is 13.6. The number of benzene rings is 2. The van der Waals surface area contributed by atoms with E-state index in [1.54, 1.807) is 27.7 Å². The number of para-hydroxylation sites is 1. The van der Waals surface area contributed by atoms with Crippen LogP contribution in [-0.2, 0) is 79.9 Å². The molecular formula is C63H98N12O16. The third-order valence-electron chi connectivity index (χ3n) is 14.4. The number of ether oxygens (including phenoxy) is 6. The van der Waals surface area contributed by atoms with Crippen molar-refractivity contribution in [3.63, 3.8) is 0 Å². The summed E-state index contributed by atoms with van der Waals surface area (Å²) in [5.41, 5.74) is 16.6. The van der Waals surface area contributed by atoms with Crippen LogP contribution in [0.1, 0.15) is 111 Å². The largest absolute Gasteiger partial charge is 0.481 e. The number of nitrogens with two attached hydrogens (primary N) is 2. The highest BCUT2D eigenvalue weighted by Crippen LogP contribution is 2.41. The van der Waals surface area contributed by atoms with E-state index in [0.29, 0.717) is 84.7 Å². The molecule has 91 heavy (non-hydrogen) atoms. The minimum absolute atomic E-state index is 0.0217. The van der Waals surface area contributed by atoms with Gasteiger partial charge in [0.1, 0.15) is 17.8 Å². The zero-order valence-corrected chi connectivity index (χ0v) is 53.8.